The van der Waals surface area contributed by atoms with E-state index in [4.69, 9.17) is 0 Å². The van der Waals surface area contributed by atoms with Crippen LogP contribution in [0.1, 0.15) is 47.7 Å². The number of hydrogen-bond acceptors (Lipinski definition) is 4. The molecule has 0 atom stereocenters. The molecule has 20 heavy (non-hydrogen) atoms. The number of carbonyl (C=O) groups is 1. The number of likely N-dealkylation sites (tertiary alicyclic amines) is 1. The molecule has 2 aromatic heterocycles. The van der Waals surface area contributed by atoms with E-state index in [9.17, 15) is 4.79 Å². The summed E-state index contributed by atoms with van der Waals surface area (Å²) in [6.07, 6.45) is 4.52. The van der Waals surface area contributed by atoms with E-state index in [1.807, 2.05) is 24.8 Å². The van der Waals surface area contributed by atoms with Crippen LogP contribution in [0, 0.1) is 13.8 Å². The van der Waals surface area contributed by atoms with E-state index < -0.39 is 0 Å². The van der Waals surface area contributed by atoms with Crippen LogP contribution in [0.3, 0.4) is 0 Å². The highest BCUT2D eigenvalue weighted by atomic mass is 16.2. The van der Waals surface area contributed by atoms with Crippen molar-refractivity contribution in [3.8, 4) is 0 Å². The number of fused-ring (bicyclic) bond motifs is 1. The van der Waals surface area contributed by atoms with Crippen molar-refractivity contribution in [1.82, 2.24) is 24.5 Å². The van der Waals surface area contributed by atoms with Crippen LogP contribution in [0.4, 0.5) is 0 Å². The molecule has 0 bridgehead atoms. The van der Waals surface area contributed by atoms with Crippen molar-refractivity contribution in [3.05, 3.63) is 23.3 Å². The van der Waals surface area contributed by atoms with Gasteiger partial charge in [0.2, 0.25) is 5.82 Å². The average Bonchev–Trinajstić information content (AvgIpc) is 2.66. The minimum absolute atomic E-state index is 0.0746. The summed E-state index contributed by atoms with van der Waals surface area (Å²) in [5.41, 5.74) is 1.83. The van der Waals surface area contributed by atoms with E-state index in [2.05, 4.69) is 15.1 Å². The maximum absolute atomic E-state index is 12.5. The maximum Gasteiger partial charge on any atom is 0.293 e. The molecular formula is C14H19N5O. The predicted octanol–water partition coefficient (Wildman–Crippen LogP) is 1.76. The summed E-state index contributed by atoms with van der Waals surface area (Å²) in [6, 6.07) is 1.93. The van der Waals surface area contributed by atoms with Gasteiger partial charge >= 0.3 is 0 Å². The molecule has 2 aromatic rings. The summed E-state index contributed by atoms with van der Waals surface area (Å²) in [6.45, 7) is 5.47. The minimum atomic E-state index is -0.0746. The number of nitrogens with zero attached hydrogens (tertiary/aromatic N) is 5. The molecule has 0 N–H and O–H groups in total. The smallest absolute Gasteiger partial charge is 0.293 e. The lowest BCUT2D eigenvalue weighted by atomic mass is 10.2. The number of hydrogen-bond donors (Lipinski definition) is 0. The van der Waals surface area contributed by atoms with Gasteiger partial charge in [0.25, 0.3) is 11.7 Å². The number of rotatable bonds is 1. The summed E-state index contributed by atoms with van der Waals surface area (Å²) in [7, 11) is 0. The Kier molecular flexibility index (Phi) is 3.38. The maximum atomic E-state index is 12.5. The van der Waals surface area contributed by atoms with E-state index in [0.717, 1.165) is 37.3 Å². The van der Waals surface area contributed by atoms with Crippen LogP contribution in [0.25, 0.3) is 5.78 Å². The number of aromatic nitrogens is 4. The molecular weight excluding hydrogens is 254 g/mol. The first-order chi connectivity index (χ1) is 9.65. The first kappa shape index (κ1) is 13.0. The Hall–Kier alpha value is -1.98. The van der Waals surface area contributed by atoms with E-state index >= 15 is 0 Å². The van der Waals surface area contributed by atoms with Gasteiger partial charge in [-0.15, -0.1) is 5.10 Å². The fraction of sp³-hybridized carbons (Fsp3) is 0.571. The molecule has 0 aliphatic carbocycles. The van der Waals surface area contributed by atoms with E-state index in [1.54, 1.807) is 4.52 Å². The van der Waals surface area contributed by atoms with Crippen LogP contribution >= 0.6 is 0 Å². The van der Waals surface area contributed by atoms with E-state index in [-0.39, 0.29) is 11.7 Å². The molecule has 1 amide bonds. The van der Waals surface area contributed by atoms with Gasteiger partial charge in [0, 0.05) is 24.5 Å². The molecule has 1 saturated heterocycles. The van der Waals surface area contributed by atoms with Crippen LogP contribution in [0.15, 0.2) is 6.07 Å². The third-order valence-corrected chi connectivity index (χ3v) is 3.70. The van der Waals surface area contributed by atoms with Crippen molar-refractivity contribution in [3.63, 3.8) is 0 Å². The minimum Gasteiger partial charge on any atom is -0.336 e. The molecule has 0 unspecified atom stereocenters. The van der Waals surface area contributed by atoms with Crippen LogP contribution in [-0.4, -0.2) is 43.5 Å². The largest absolute Gasteiger partial charge is 0.336 e. The van der Waals surface area contributed by atoms with Crippen LogP contribution in [-0.2, 0) is 0 Å². The third kappa shape index (κ3) is 2.37. The van der Waals surface area contributed by atoms with Gasteiger partial charge in [0.05, 0.1) is 0 Å². The van der Waals surface area contributed by atoms with Gasteiger partial charge in [0.15, 0.2) is 0 Å². The Morgan fingerprint density at radius 2 is 1.80 bits per heavy atom. The molecule has 6 heteroatoms. The Bertz CT molecular complexity index is 640. The molecule has 1 aliphatic rings. The summed E-state index contributed by atoms with van der Waals surface area (Å²) in [5.74, 6) is 0.684. The molecule has 1 aliphatic heterocycles. The molecule has 6 nitrogen and oxygen atoms in total. The van der Waals surface area contributed by atoms with Crippen molar-refractivity contribution in [1.29, 1.82) is 0 Å². The van der Waals surface area contributed by atoms with Crippen LogP contribution in [0.5, 0.6) is 0 Å². The zero-order chi connectivity index (χ0) is 14.1. The van der Waals surface area contributed by atoms with Gasteiger partial charge in [-0.1, -0.05) is 12.8 Å². The van der Waals surface area contributed by atoms with Gasteiger partial charge in [0.1, 0.15) is 0 Å². The second kappa shape index (κ2) is 5.19. The van der Waals surface area contributed by atoms with Crippen molar-refractivity contribution < 1.29 is 4.79 Å². The zero-order valence-corrected chi connectivity index (χ0v) is 12.0. The second-order valence-corrected chi connectivity index (χ2v) is 5.39. The zero-order valence-electron chi connectivity index (χ0n) is 12.0. The number of aryl methyl sites for hydroxylation is 2. The fourth-order valence-electron chi connectivity index (χ4n) is 2.67. The normalized spacial score (nSPS) is 16.4. The molecule has 106 valence electrons. The third-order valence-electron chi connectivity index (χ3n) is 3.70. The highest BCUT2D eigenvalue weighted by molar-refractivity contribution is 5.90. The Labute approximate surface area is 117 Å². The van der Waals surface area contributed by atoms with Gasteiger partial charge in [-0.25, -0.2) is 9.50 Å². The lowest BCUT2D eigenvalue weighted by Gasteiger charge is -2.17. The Morgan fingerprint density at radius 1 is 1.10 bits per heavy atom. The molecule has 1 fully saturated rings. The molecule has 3 heterocycles. The van der Waals surface area contributed by atoms with E-state index in [1.165, 1.54) is 12.8 Å². The summed E-state index contributed by atoms with van der Waals surface area (Å²) < 4.78 is 1.64. The first-order valence-corrected chi connectivity index (χ1v) is 7.15. The summed E-state index contributed by atoms with van der Waals surface area (Å²) in [4.78, 5) is 23.0. The fourth-order valence-corrected chi connectivity index (χ4v) is 2.67. The topological polar surface area (TPSA) is 63.4 Å². The summed E-state index contributed by atoms with van der Waals surface area (Å²) in [5, 5.41) is 4.31. The number of carbonyl (C=O) groups excluding carboxylic acids is 1. The molecule has 0 spiro atoms. The van der Waals surface area contributed by atoms with Gasteiger partial charge < -0.3 is 4.90 Å². The van der Waals surface area contributed by atoms with Crippen molar-refractivity contribution in [2.75, 3.05) is 13.1 Å². The van der Waals surface area contributed by atoms with Gasteiger partial charge in [-0.2, -0.15) is 4.98 Å². The van der Waals surface area contributed by atoms with Crippen molar-refractivity contribution >= 4 is 11.7 Å². The standard InChI is InChI=1S/C14H19N5O/c1-10-9-11(2)19-14(15-10)16-12(17-19)13(20)18-7-5-3-4-6-8-18/h9H,3-8H2,1-2H3. The first-order valence-electron chi connectivity index (χ1n) is 7.15. The van der Waals surface area contributed by atoms with Gasteiger partial charge in [-0.3, -0.25) is 4.79 Å². The number of amides is 1. The molecule has 0 radical (unpaired) electrons. The van der Waals surface area contributed by atoms with Crippen LogP contribution in [0.2, 0.25) is 0 Å². The lowest BCUT2D eigenvalue weighted by molar-refractivity contribution is 0.0749. The average molecular weight is 273 g/mol. The van der Waals surface area contributed by atoms with Gasteiger partial charge in [-0.05, 0) is 32.8 Å². The molecule has 3 rings (SSSR count). The highest BCUT2D eigenvalue weighted by Gasteiger charge is 2.22. The monoisotopic (exact) mass is 273 g/mol. The highest BCUT2D eigenvalue weighted by Crippen LogP contribution is 2.13. The van der Waals surface area contributed by atoms with Crippen LogP contribution < -0.4 is 0 Å². The summed E-state index contributed by atoms with van der Waals surface area (Å²) >= 11 is 0. The predicted molar refractivity (Wildman–Crippen MR) is 74.6 cm³/mol. The lowest BCUT2D eigenvalue weighted by Crippen LogP contribution is -2.32. The van der Waals surface area contributed by atoms with E-state index in [0.29, 0.717) is 5.78 Å². The molecule has 0 saturated carbocycles. The SMILES string of the molecule is Cc1cc(C)n2nc(C(=O)N3CCCCCC3)nc2n1. The Morgan fingerprint density at radius 3 is 2.50 bits per heavy atom. The quantitative estimate of drug-likeness (QED) is 0.794. The molecule has 0 aromatic carbocycles. The van der Waals surface area contributed by atoms with Crippen molar-refractivity contribution in [2.45, 2.75) is 39.5 Å². The second-order valence-electron chi connectivity index (χ2n) is 5.39. The van der Waals surface area contributed by atoms with Crippen molar-refractivity contribution in [2.24, 2.45) is 0 Å². The Balaban J connectivity index is 1.93.